The Hall–Kier alpha value is -3.58. The molecule has 4 aromatic rings. The summed E-state index contributed by atoms with van der Waals surface area (Å²) in [6.07, 6.45) is 1.12. The lowest BCUT2D eigenvalue weighted by Crippen LogP contribution is -2.48. The molecule has 2 aliphatic rings. The first-order chi connectivity index (χ1) is 15.8. The first-order valence-corrected chi connectivity index (χ1v) is 11.1. The normalized spacial score (nSPS) is 21.1. The number of hydrogen-bond acceptors (Lipinski definition) is 5. The van der Waals surface area contributed by atoms with Crippen molar-refractivity contribution in [2.75, 3.05) is 13.1 Å². The van der Waals surface area contributed by atoms with E-state index in [0.717, 1.165) is 43.3 Å². The molecule has 0 saturated carbocycles. The van der Waals surface area contributed by atoms with E-state index in [9.17, 15) is 4.79 Å². The summed E-state index contributed by atoms with van der Waals surface area (Å²) in [5, 5.41) is 12.9. The third-order valence-electron chi connectivity index (χ3n) is 6.73. The van der Waals surface area contributed by atoms with Gasteiger partial charge in [-0.3, -0.25) is 9.69 Å². The average molecular weight is 425 g/mol. The summed E-state index contributed by atoms with van der Waals surface area (Å²) in [7, 11) is 0. The Morgan fingerprint density at radius 2 is 1.62 bits per heavy atom. The lowest BCUT2D eigenvalue weighted by molar-refractivity contribution is 0.0913. The smallest absolute Gasteiger partial charge is 0.250 e. The van der Waals surface area contributed by atoms with Gasteiger partial charge in [0.15, 0.2) is 5.82 Å². The molecule has 7 nitrogen and oxygen atoms in total. The van der Waals surface area contributed by atoms with Crippen LogP contribution < -0.4 is 5.56 Å². The van der Waals surface area contributed by atoms with Gasteiger partial charge in [-0.05, 0) is 46.5 Å². The zero-order valence-electron chi connectivity index (χ0n) is 17.7. The fraction of sp³-hybridized carbons (Fsp3) is 0.280. The molecule has 0 radical (unpaired) electrons. The van der Waals surface area contributed by atoms with E-state index in [2.05, 4.69) is 50.8 Å². The number of benzene rings is 2. The van der Waals surface area contributed by atoms with E-state index >= 15 is 0 Å². The third kappa shape index (κ3) is 3.26. The van der Waals surface area contributed by atoms with Crippen LogP contribution in [0.15, 0.2) is 83.7 Å². The molecule has 2 aromatic heterocycles. The molecule has 32 heavy (non-hydrogen) atoms. The summed E-state index contributed by atoms with van der Waals surface area (Å²) in [4.78, 5) is 14.9. The highest BCUT2D eigenvalue weighted by atomic mass is 16.1. The minimum Gasteiger partial charge on any atom is -0.312 e. The molecule has 7 heteroatoms. The number of para-hydroxylation sites is 1. The van der Waals surface area contributed by atoms with Crippen LogP contribution in [0.4, 0.5) is 0 Å². The van der Waals surface area contributed by atoms with Crippen molar-refractivity contribution in [3.63, 3.8) is 0 Å². The van der Waals surface area contributed by atoms with Crippen LogP contribution in [0, 0.1) is 5.92 Å². The van der Waals surface area contributed by atoms with Gasteiger partial charge in [-0.15, -0.1) is 5.10 Å². The van der Waals surface area contributed by atoms with Crippen molar-refractivity contribution in [1.29, 1.82) is 0 Å². The molecule has 2 aromatic carbocycles. The van der Waals surface area contributed by atoms with E-state index < -0.39 is 0 Å². The quantitative estimate of drug-likeness (QED) is 0.504. The number of tetrazole rings is 1. The summed E-state index contributed by atoms with van der Waals surface area (Å²) in [5.74, 6) is 1.56. The highest BCUT2D eigenvalue weighted by Crippen LogP contribution is 2.40. The number of aromatic nitrogens is 5. The Bertz CT molecular complexity index is 1280. The van der Waals surface area contributed by atoms with Gasteiger partial charge in [-0.1, -0.05) is 54.6 Å². The van der Waals surface area contributed by atoms with E-state index in [-0.39, 0.29) is 11.6 Å². The van der Waals surface area contributed by atoms with Crippen molar-refractivity contribution in [2.45, 2.75) is 24.9 Å². The van der Waals surface area contributed by atoms with Crippen molar-refractivity contribution in [2.24, 2.45) is 5.92 Å². The van der Waals surface area contributed by atoms with Gasteiger partial charge in [-0.25, -0.2) is 0 Å². The van der Waals surface area contributed by atoms with Gasteiger partial charge in [0, 0.05) is 37.3 Å². The minimum absolute atomic E-state index is 0.0707. The van der Waals surface area contributed by atoms with E-state index in [1.807, 2.05) is 51.7 Å². The van der Waals surface area contributed by atoms with Crippen LogP contribution in [0.2, 0.25) is 0 Å². The first-order valence-electron chi connectivity index (χ1n) is 11.1. The monoisotopic (exact) mass is 424 g/mol. The van der Waals surface area contributed by atoms with Gasteiger partial charge in [0.2, 0.25) is 0 Å². The van der Waals surface area contributed by atoms with Gasteiger partial charge in [0.1, 0.15) is 0 Å². The number of hydrogen-bond donors (Lipinski definition) is 0. The Labute approximate surface area is 185 Å². The predicted octanol–water partition coefficient (Wildman–Crippen LogP) is 3.03. The second-order valence-electron chi connectivity index (χ2n) is 8.75. The van der Waals surface area contributed by atoms with Crippen molar-refractivity contribution >= 4 is 0 Å². The number of nitrogens with zero attached hydrogens (tertiary/aromatic N) is 6. The molecule has 0 amide bonds. The minimum atomic E-state index is -0.0707. The fourth-order valence-electron chi connectivity index (χ4n) is 5.42. The van der Waals surface area contributed by atoms with Crippen molar-refractivity contribution in [3.8, 4) is 5.69 Å². The number of likely N-dealkylation sites (tertiary alicyclic amines) is 1. The predicted molar refractivity (Wildman–Crippen MR) is 121 cm³/mol. The van der Waals surface area contributed by atoms with Crippen LogP contribution in [0.5, 0.6) is 0 Å². The van der Waals surface area contributed by atoms with E-state index in [1.54, 1.807) is 6.07 Å². The van der Waals surface area contributed by atoms with E-state index in [4.69, 9.17) is 0 Å². The number of pyridine rings is 1. The molecule has 0 spiro atoms. The molecule has 1 saturated heterocycles. The second-order valence-corrected chi connectivity index (χ2v) is 8.75. The molecule has 4 heterocycles. The molecular formula is C25H24N6O. The van der Waals surface area contributed by atoms with Crippen LogP contribution >= 0.6 is 0 Å². The van der Waals surface area contributed by atoms with Gasteiger partial charge < -0.3 is 4.57 Å². The largest absolute Gasteiger partial charge is 0.312 e. The van der Waals surface area contributed by atoms with E-state index in [1.165, 1.54) is 5.56 Å². The molecule has 160 valence electrons. The maximum atomic E-state index is 12.4. The van der Waals surface area contributed by atoms with Crippen molar-refractivity contribution < 1.29 is 0 Å². The summed E-state index contributed by atoms with van der Waals surface area (Å²) >= 11 is 0. The van der Waals surface area contributed by atoms with Gasteiger partial charge in [0.05, 0.1) is 11.7 Å². The van der Waals surface area contributed by atoms with Crippen LogP contribution in [0.3, 0.4) is 0 Å². The third-order valence-corrected chi connectivity index (χ3v) is 6.73. The molecular weight excluding hydrogens is 400 g/mol. The van der Waals surface area contributed by atoms with E-state index in [0.29, 0.717) is 11.8 Å². The molecule has 6 rings (SSSR count). The molecule has 3 atom stereocenters. The SMILES string of the molecule is O=c1cccc2n1C[C@@H]1C[C@H]2CN([C@@H](c2ccccc2)c2nnnn2-c2ccccc2)C1. The van der Waals surface area contributed by atoms with Crippen molar-refractivity contribution in [1.82, 2.24) is 29.7 Å². The first kappa shape index (κ1) is 19.1. The molecule has 0 N–H and O–H groups in total. The summed E-state index contributed by atoms with van der Waals surface area (Å²) < 4.78 is 3.82. The molecule has 1 fully saturated rings. The van der Waals surface area contributed by atoms with Crippen molar-refractivity contribution in [3.05, 3.63) is 106 Å². The molecule has 0 unspecified atom stereocenters. The molecule has 2 bridgehead atoms. The van der Waals surface area contributed by atoms with Crippen LogP contribution in [0.25, 0.3) is 5.69 Å². The number of rotatable bonds is 4. The number of piperidine rings is 1. The van der Waals surface area contributed by atoms with Gasteiger partial charge >= 0.3 is 0 Å². The summed E-state index contributed by atoms with van der Waals surface area (Å²) in [5.41, 5.74) is 3.37. The Morgan fingerprint density at radius 1 is 0.844 bits per heavy atom. The van der Waals surface area contributed by atoms with Gasteiger partial charge in [-0.2, -0.15) is 4.68 Å². The molecule has 0 aliphatic carbocycles. The lowest BCUT2D eigenvalue weighted by atomic mass is 9.82. The lowest BCUT2D eigenvalue weighted by Gasteiger charge is -2.45. The maximum absolute atomic E-state index is 12.4. The standard InChI is InChI=1S/C25H24N6O/c32-23-13-7-12-22-20-14-18(16-30(22)23)15-29(17-20)24(19-8-3-1-4-9-19)25-26-27-28-31(25)21-10-5-2-6-11-21/h1-13,18,20,24H,14-17H2/t18-,20+,24+/m1/s1. The second kappa shape index (κ2) is 7.84. The van der Waals surface area contributed by atoms with Gasteiger partial charge in [0.25, 0.3) is 5.56 Å². The Morgan fingerprint density at radius 3 is 2.44 bits per heavy atom. The topological polar surface area (TPSA) is 68.8 Å². The number of fused-ring (bicyclic) bond motifs is 4. The zero-order valence-corrected chi connectivity index (χ0v) is 17.7. The Balaban J connectivity index is 1.43. The summed E-state index contributed by atoms with van der Waals surface area (Å²) in [6.45, 7) is 2.53. The molecule has 2 aliphatic heterocycles. The highest BCUT2D eigenvalue weighted by Gasteiger charge is 2.39. The van der Waals surface area contributed by atoms with Crippen LogP contribution in [-0.2, 0) is 6.54 Å². The summed E-state index contributed by atoms with van der Waals surface area (Å²) in [6, 6.07) is 26.1. The maximum Gasteiger partial charge on any atom is 0.250 e. The zero-order chi connectivity index (χ0) is 21.5. The van der Waals surface area contributed by atoms with Crippen LogP contribution in [-0.4, -0.2) is 42.8 Å². The average Bonchev–Trinajstić information content (AvgIpc) is 3.31. The Kier molecular flexibility index (Phi) is 4.69. The van der Waals surface area contributed by atoms with Crippen LogP contribution in [0.1, 0.15) is 35.5 Å². The fourth-order valence-corrected chi connectivity index (χ4v) is 5.42. The highest BCUT2D eigenvalue weighted by molar-refractivity contribution is 5.34.